The Labute approximate surface area is 153 Å². The predicted octanol–water partition coefficient (Wildman–Crippen LogP) is 2.26. The van der Waals surface area contributed by atoms with Crippen LogP contribution in [0.1, 0.15) is 24.1 Å². The van der Waals surface area contributed by atoms with E-state index in [0.717, 1.165) is 11.3 Å². The van der Waals surface area contributed by atoms with Gasteiger partial charge in [0.2, 0.25) is 5.91 Å². The summed E-state index contributed by atoms with van der Waals surface area (Å²) >= 11 is 0. The fraction of sp³-hybridized carbons (Fsp3) is 0.300. The van der Waals surface area contributed by atoms with Crippen LogP contribution in [0.4, 0.5) is 0 Å². The first-order valence-electron chi connectivity index (χ1n) is 8.70. The highest BCUT2D eigenvalue weighted by atomic mass is 16.2. The van der Waals surface area contributed by atoms with E-state index in [0.29, 0.717) is 38.1 Å². The Bertz CT molecular complexity index is 790. The van der Waals surface area contributed by atoms with E-state index in [1.807, 2.05) is 48.5 Å². The molecule has 3 rings (SSSR count). The molecule has 6 heteroatoms. The van der Waals surface area contributed by atoms with Crippen molar-refractivity contribution in [3.63, 3.8) is 0 Å². The first-order chi connectivity index (χ1) is 12.6. The summed E-state index contributed by atoms with van der Waals surface area (Å²) in [6.45, 7) is 0.940. The van der Waals surface area contributed by atoms with Gasteiger partial charge in [-0.25, -0.2) is 5.01 Å². The third kappa shape index (κ3) is 4.53. The number of hydrazone groups is 1. The van der Waals surface area contributed by atoms with Crippen LogP contribution >= 0.6 is 0 Å². The normalized spacial score (nSPS) is 14.1. The molecule has 0 radical (unpaired) electrons. The number of amides is 2. The average Bonchev–Trinajstić information content (AvgIpc) is 2.69. The summed E-state index contributed by atoms with van der Waals surface area (Å²) in [6, 6.07) is 15.4. The first kappa shape index (κ1) is 17.8. The van der Waals surface area contributed by atoms with Gasteiger partial charge in [0.15, 0.2) is 0 Å². The van der Waals surface area contributed by atoms with E-state index in [-0.39, 0.29) is 11.8 Å². The maximum absolute atomic E-state index is 12.7. The van der Waals surface area contributed by atoms with Crippen LogP contribution in [0.15, 0.2) is 59.8 Å². The van der Waals surface area contributed by atoms with Gasteiger partial charge in [0.05, 0.1) is 6.54 Å². The lowest BCUT2D eigenvalue weighted by Gasteiger charge is -2.25. The molecule has 0 atom stereocenters. The molecule has 1 aromatic carbocycles. The average molecular weight is 350 g/mol. The van der Waals surface area contributed by atoms with Gasteiger partial charge >= 0.3 is 0 Å². The third-order valence-electron chi connectivity index (χ3n) is 4.30. The summed E-state index contributed by atoms with van der Waals surface area (Å²) < 4.78 is 0. The molecule has 1 aromatic heterocycles. The summed E-state index contributed by atoms with van der Waals surface area (Å²) in [7, 11) is 1.76. The number of hydrogen-bond acceptors (Lipinski definition) is 4. The molecule has 0 saturated carbocycles. The topological polar surface area (TPSA) is 65.9 Å². The lowest BCUT2D eigenvalue weighted by atomic mass is 10.1. The highest BCUT2D eigenvalue weighted by molar-refractivity contribution is 6.39. The second-order valence-electron chi connectivity index (χ2n) is 6.28. The third-order valence-corrected chi connectivity index (χ3v) is 4.30. The molecule has 1 aliphatic rings. The van der Waals surface area contributed by atoms with Gasteiger partial charge in [-0.1, -0.05) is 36.4 Å². The number of nitrogens with zero attached hydrogens (tertiary/aromatic N) is 4. The Morgan fingerprint density at radius 3 is 2.62 bits per heavy atom. The summed E-state index contributed by atoms with van der Waals surface area (Å²) in [5.74, 6) is -0.187. The van der Waals surface area contributed by atoms with E-state index in [1.165, 1.54) is 5.01 Å². The lowest BCUT2D eigenvalue weighted by Crippen LogP contribution is -2.40. The van der Waals surface area contributed by atoms with E-state index < -0.39 is 0 Å². The zero-order valence-electron chi connectivity index (χ0n) is 14.8. The van der Waals surface area contributed by atoms with E-state index in [1.54, 1.807) is 18.1 Å². The van der Waals surface area contributed by atoms with Gasteiger partial charge in [0.1, 0.15) is 5.71 Å². The quantitative estimate of drug-likeness (QED) is 0.803. The van der Waals surface area contributed by atoms with Crippen LogP contribution in [-0.2, 0) is 22.6 Å². The van der Waals surface area contributed by atoms with Crippen molar-refractivity contribution in [1.29, 1.82) is 0 Å². The van der Waals surface area contributed by atoms with Crippen LogP contribution in [0.25, 0.3) is 0 Å². The summed E-state index contributed by atoms with van der Waals surface area (Å²) in [6.07, 6.45) is 3.13. The number of carbonyl (C=O) groups is 2. The minimum atomic E-state index is -0.133. The molecule has 6 nitrogen and oxygen atoms in total. The van der Waals surface area contributed by atoms with E-state index in [2.05, 4.69) is 10.1 Å². The fourth-order valence-corrected chi connectivity index (χ4v) is 2.79. The molecule has 26 heavy (non-hydrogen) atoms. The van der Waals surface area contributed by atoms with Crippen molar-refractivity contribution in [2.45, 2.75) is 25.8 Å². The molecule has 2 amide bonds. The van der Waals surface area contributed by atoms with Crippen molar-refractivity contribution in [3.8, 4) is 0 Å². The molecule has 0 spiro atoms. The molecule has 0 N–H and O–H groups in total. The van der Waals surface area contributed by atoms with E-state index in [4.69, 9.17) is 0 Å². The Hall–Kier alpha value is -3.02. The van der Waals surface area contributed by atoms with Gasteiger partial charge in [-0.2, -0.15) is 5.10 Å². The molecular formula is C20H22N4O2. The fourth-order valence-electron chi connectivity index (χ4n) is 2.79. The molecule has 0 saturated heterocycles. The number of likely N-dealkylation sites (N-methyl/N-ethyl adjacent to an activating group) is 1. The smallest absolute Gasteiger partial charge is 0.269 e. The zero-order valence-corrected chi connectivity index (χ0v) is 14.8. The van der Waals surface area contributed by atoms with Gasteiger partial charge in [-0.15, -0.1) is 0 Å². The molecule has 0 bridgehead atoms. The van der Waals surface area contributed by atoms with Crippen LogP contribution < -0.4 is 0 Å². The number of hydrogen-bond donors (Lipinski definition) is 0. The Kier molecular flexibility index (Phi) is 5.73. The molecule has 1 aliphatic heterocycles. The van der Waals surface area contributed by atoms with Gasteiger partial charge < -0.3 is 4.90 Å². The van der Waals surface area contributed by atoms with Crippen molar-refractivity contribution in [1.82, 2.24) is 14.9 Å². The number of pyridine rings is 1. The van der Waals surface area contributed by atoms with Crippen molar-refractivity contribution >= 4 is 17.5 Å². The maximum atomic E-state index is 12.7. The summed E-state index contributed by atoms with van der Waals surface area (Å²) in [5.41, 5.74) is 2.37. The van der Waals surface area contributed by atoms with Crippen LogP contribution in [0.5, 0.6) is 0 Å². The van der Waals surface area contributed by atoms with Crippen LogP contribution in [0.2, 0.25) is 0 Å². The molecule has 2 aromatic rings. The number of benzene rings is 1. The van der Waals surface area contributed by atoms with Gasteiger partial charge in [0, 0.05) is 44.7 Å². The second kappa shape index (κ2) is 8.38. The van der Waals surface area contributed by atoms with Crippen LogP contribution in [0, 0.1) is 0 Å². The standard InChI is InChI=1S/C20H22N4O2/c1-23(14-12-17-9-5-6-13-21-17)20(26)18-10-11-19(25)24(22-18)15-16-7-3-2-4-8-16/h2-9,13H,10-12,14-15H2,1H3. The van der Waals surface area contributed by atoms with Crippen molar-refractivity contribution in [2.24, 2.45) is 5.10 Å². The minimum absolute atomic E-state index is 0.0541. The largest absolute Gasteiger partial charge is 0.340 e. The highest BCUT2D eigenvalue weighted by Crippen LogP contribution is 2.14. The summed E-state index contributed by atoms with van der Waals surface area (Å²) in [5, 5.41) is 5.73. The minimum Gasteiger partial charge on any atom is -0.340 e. The Balaban J connectivity index is 1.63. The van der Waals surface area contributed by atoms with Gasteiger partial charge in [-0.05, 0) is 17.7 Å². The second-order valence-corrected chi connectivity index (χ2v) is 6.28. The number of aromatic nitrogens is 1. The van der Waals surface area contributed by atoms with Gasteiger partial charge in [0.25, 0.3) is 5.91 Å². The molecule has 2 heterocycles. The molecule has 0 aliphatic carbocycles. The predicted molar refractivity (Wildman–Crippen MR) is 99.2 cm³/mol. The summed E-state index contributed by atoms with van der Waals surface area (Å²) in [4.78, 5) is 30.7. The SMILES string of the molecule is CN(CCc1ccccn1)C(=O)C1=NN(Cc2ccccc2)C(=O)CC1. The van der Waals surface area contributed by atoms with Gasteiger partial charge in [-0.3, -0.25) is 14.6 Å². The Morgan fingerprint density at radius 2 is 1.88 bits per heavy atom. The monoisotopic (exact) mass is 350 g/mol. The maximum Gasteiger partial charge on any atom is 0.269 e. The van der Waals surface area contributed by atoms with E-state index in [9.17, 15) is 9.59 Å². The lowest BCUT2D eigenvalue weighted by molar-refractivity contribution is -0.132. The van der Waals surface area contributed by atoms with Crippen LogP contribution in [0.3, 0.4) is 0 Å². The zero-order chi connectivity index (χ0) is 18.4. The molecule has 0 fully saturated rings. The number of carbonyl (C=O) groups excluding carboxylic acids is 2. The number of rotatable bonds is 6. The molecular weight excluding hydrogens is 328 g/mol. The van der Waals surface area contributed by atoms with Crippen molar-refractivity contribution in [3.05, 3.63) is 66.0 Å². The first-order valence-corrected chi connectivity index (χ1v) is 8.70. The van der Waals surface area contributed by atoms with Crippen molar-refractivity contribution in [2.75, 3.05) is 13.6 Å². The highest BCUT2D eigenvalue weighted by Gasteiger charge is 2.26. The van der Waals surface area contributed by atoms with Crippen LogP contribution in [-0.4, -0.2) is 46.0 Å². The Morgan fingerprint density at radius 1 is 1.12 bits per heavy atom. The van der Waals surface area contributed by atoms with Crippen molar-refractivity contribution < 1.29 is 9.59 Å². The molecule has 0 unspecified atom stereocenters. The van der Waals surface area contributed by atoms with E-state index >= 15 is 0 Å². The molecule has 134 valence electrons.